The molecule has 0 aromatic heterocycles. The van der Waals surface area contributed by atoms with Gasteiger partial charge in [0, 0.05) is 38.8 Å². The van der Waals surface area contributed by atoms with Gasteiger partial charge in [0.1, 0.15) is 11.6 Å². The maximum Gasteiger partial charge on any atom is 0.191 e. The van der Waals surface area contributed by atoms with Gasteiger partial charge >= 0.3 is 0 Å². The molecule has 2 N–H and O–H groups in total. The van der Waals surface area contributed by atoms with Crippen LogP contribution in [0.25, 0.3) is 0 Å². The molecular formula is C21H27F2IN4O2. The van der Waals surface area contributed by atoms with Crippen molar-refractivity contribution in [1.82, 2.24) is 10.6 Å². The van der Waals surface area contributed by atoms with E-state index < -0.39 is 11.6 Å². The summed E-state index contributed by atoms with van der Waals surface area (Å²) in [5, 5.41) is 6.64. The molecule has 0 bridgehead atoms. The third-order valence-electron chi connectivity index (χ3n) is 4.91. The van der Waals surface area contributed by atoms with Crippen LogP contribution in [-0.4, -0.2) is 46.4 Å². The number of guanidine groups is 1. The number of anilines is 1. The van der Waals surface area contributed by atoms with Crippen molar-refractivity contribution in [3.8, 4) is 11.5 Å². The maximum atomic E-state index is 14.0. The number of nitrogens with one attached hydrogen (secondary N) is 2. The molecule has 6 nitrogen and oxygen atoms in total. The first-order chi connectivity index (χ1) is 14.0. The van der Waals surface area contributed by atoms with Crippen LogP contribution in [0, 0.1) is 11.6 Å². The van der Waals surface area contributed by atoms with Crippen molar-refractivity contribution in [3.63, 3.8) is 0 Å². The van der Waals surface area contributed by atoms with E-state index in [1.807, 2.05) is 23.1 Å². The number of benzene rings is 2. The molecule has 164 valence electrons. The minimum absolute atomic E-state index is 0. The third-order valence-corrected chi connectivity index (χ3v) is 4.91. The zero-order chi connectivity index (χ0) is 20.8. The summed E-state index contributed by atoms with van der Waals surface area (Å²) >= 11 is 0. The number of nitrogens with zero attached hydrogens (tertiary/aromatic N) is 2. The normalized spacial score (nSPS) is 16.1. The standard InChI is InChI=1S/C21H26F2N4O2.HI/c1-24-21(25-12-14-4-7-19(28-2)20(10-14)29-3)26-16-8-9-27(13-16)18-6-5-15(22)11-17(18)23;/h4-7,10-11,16H,8-9,12-13H2,1-3H3,(H2,24,25,26);1H. The Morgan fingerprint density at radius 2 is 1.90 bits per heavy atom. The second-order valence-corrected chi connectivity index (χ2v) is 6.79. The van der Waals surface area contributed by atoms with E-state index in [4.69, 9.17) is 9.47 Å². The average molecular weight is 532 g/mol. The second-order valence-electron chi connectivity index (χ2n) is 6.79. The molecule has 2 aromatic rings. The Bertz CT molecular complexity index is 882. The van der Waals surface area contributed by atoms with Crippen LogP contribution in [0.4, 0.5) is 14.5 Å². The first-order valence-electron chi connectivity index (χ1n) is 9.42. The van der Waals surface area contributed by atoms with Crippen molar-refractivity contribution in [1.29, 1.82) is 0 Å². The molecule has 0 amide bonds. The lowest BCUT2D eigenvalue weighted by atomic mass is 10.2. The van der Waals surface area contributed by atoms with E-state index in [1.54, 1.807) is 21.3 Å². The Morgan fingerprint density at radius 1 is 1.13 bits per heavy atom. The molecule has 1 unspecified atom stereocenters. The SMILES string of the molecule is CN=C(NCc1ccc(OC)c(OC)c1)NC1CCN(c2ccc(F)cc2F)C1.I. The van der Waals surface area contributed by atoms with Gasteiger partial charge < -0.3 is 25.0 Å². The number of ether oxygens (including phenoxy) is 2. The van der Waals surface area contributed by atoms with Crippen LogP contribution < -0.4 is 25.0 Å². The highest BCUT2D eigenvalue weighted by Gasteiger charge is 2.25. The number of hydrogen-bond donors (Lipinski definition) is 2. The van der Waals surface area contributed by atoms with Gasteiger partial charge in [-0.15, -0.1) is 24.0 Å². The molecule has 9 heteroatoms. The smallest absolute Gasteiger partial charge is 0.191 e. The lowest BCUT2D eigenvalue weighted by Gasteiger charge is -2.21. The van der Waals surface area contributed by atoms with Gasteiger partial charge in [0.25, 0.3) is 0 Å². The van der Waals surface area contributed by atoms with Crippen LogP contribution in [0.5, 0.6) is 11.5 Å². The molecule has 3 rings (SSSR count). The first kappa shape index (κ1) is 24.0. The highest BCUT2D eigenvalue weighted by atomic mass is 127. The molecule has 1 heterocycles. The Balaban J connectivity index is 0.00000320. The van der Waals surface area contributed by atoms with Gasteiger partial charge in [-0.25, -0.2) is 8.78 Å². The van der Waals surface area contributed by atoms with Gasteiger partial charge in [0.15, 0.2) is 17.5 Å². The quantitative estimate of drug-likeness (QED) is 0.339. The molecule has 30 heavy (non-hydrogen) atoms. The molecule has 1 saturated heterocycles. The van der Waals surface area contributed by atoms with E-state index in [-0.39, 0.29) is 30.0 Å². The van der Waals surface area contributed by atoms with Gasteiger partial charge in [0.2, 0.25) is 0 Å². The first-order valence-corrected chi connectivity index (χ1v) is 9.42. The van der Waals surface area contributed by atoms with Gasteiger partial charge in [0.05, 0.1) is 19.9 Å². The van der Waals surface area contributed by atoms with Crippen molar-refractivity contribution >= 4 is 35.6 Å². The molecule has 1 aliphatic rings. The summed E-state index contributed by atoms with van der Waals surface area (Å²) in [5.41, 5.74) is 1.44. The zero-order valence-corrected chi connectivity index (χ0v) is 19.6. The van der Waals surface area contributed by atoms with E-state index in [0.29, 0.717) is 42.8 Å². The van der Waals surface area contributed by atoms with Gasteiger partial charge in [-0.05, 0) is 36.2 Å². The lowest BCUT2D eigenvalue weighted by molar-refractivity contribution is 0.354. The predicted molar refractivity (Wildman–Crippen MR) is 125 cm³/mol. The number of aliphatic imine (C=N–C) groups is 1. The summed E-state index contributed by atoms with van der Waals surface area (Å²) in [5.74, 6) is 0.896. The maximum absolute atomic E-state index is 14.0. The van der Waals surface area contributed by atoms with Crippen LogP contribution in [0.15, 0.2) is 41.4 Å². The van der Waals surface area contributed by atoms with Crippen molar-refractivity contribution in [2.24, 2.45) is 4.99 Å². The fourth-order valence-corrected chi connectivity index (χ4v) is 3.40. The van der Waals surface area contributed by atoms with Gasteiger partial charge in [-0.2, -0.15) is 0 Å². The summed E-state index contributed by atoms with van der Waals surface area (Å²) < 4.78 is 37.7. The van der Waals surface area contributed by atoms with Gasteiger partial charge in [-0.3, -0.25) is 4.99 Å². The molecule has 2 aromatic carbocycles. The fourth-order valence-electron chi connectivity index (χ4n) is 3.40. The van der Waals surface area contributed by atoms with Crippen LogP contribution >= 0.6 is 24.0 Å². The Kier molecular flexibility index (Phi) is 8.94. The summed E-state index contributed by atoms with van der Waals surface area (Å²) in [4.78, 5) is 6.18. The van der Waals surface area contributed by atoms with E-state index in [0.717, 1.165) is 18.1 Å². The third kappa shape index (κ3) is 5.87. The van der Waals surface area contributed by atoms with Crippen LogP contribution in [0.2, 0.25) is 0 Å². The molecule has 0 saturated carbocycles. The van der Waals surface area contributed by atoms with E-state index in [1.165, 1.54) is 12.1 Å². The Labute approximate surface area is 192 Å². The molecule has 0 aliphatic carbocycles. The Morgan fingerprint density at radius 3 is 2.57 bits per heavy atom. The largest absolute Gasteiger partial charge is 0.493 e. The topological polar surface area (TPSA) is 58.1 Å². The van der Waals surface area contributed by atoms with Crippen LogP contribution in [-0.2, 0) is 6.54 Å². The highest BCUT2D eigenvalue weighted by molar-refractivity contribution is 14.0. The van der Waals surface area contributed by atoms with Crippen LogP contribution in [0.3, 0.4) is 0 Å². The van der Waals surface area contributed by atoms with E-state index >= 15 is 0 Å². The summed E-state index contributed by atoms with van der Waals surface area (Å²) in [7, 11) is 4.91. The van der Waals surface area contributed by atoms with E-state index in [2.05, 4.69) is 15.6 Å². The van der Waals surface area contributed by atoms with E-state index in [9.17, 15) is 8.78 Å². The average Bonchev–Trinajstić information content (AvgIpc) is 3.18. The molecule has 1 fully saturated rings. The number of halogens is 3. The second kappa shape index (κ2) is 11.2. The predicted octanol–water partition coefficient (Wildman–Crippen LogP) is 3.54. The van der Waals surface area contributed by atoms with Crippen molar-refractivity contribution in [3.05, 3.63) is 53.6 Å². The minimum atomic E-state index is -0.570. The zero-order valence-electron chi connectivity index (χ0n) is 17.2. The monoisotopic (exact) mass is 532 g/mol. The molecule has 1 aliphatic heterocycles. The van der Waals surface area contributed by atoms with Crippen molar-refractivity contribution < 1.29 is 18.3 Å². The number of rotatable bonds is 6. The molecular weight excluding hydrogens is 505 g/mol. The molecule has 0 spiro atoms. The number of hydrogen-bond acceptors (Lipinski definition) is 4. The van der Waals surface area contributed by atoms with Crippen molar-refractivity contribution in [2.45, 2.75) is 19.0 Å². The summed E-state index contributed by atoms with van der Waals surface area (Å²) in [6.07, 6.45) is 0.827. The minimum Gasteiger partial charge on any atom is -0.493 e. The summed E-state index contributed by atoms with van der Waals surface area (Å²) in [6.45, 7) is 1.86. The molecule has 1 atom stereocenters. The fraction of sp³-hybridized carbons (Fsp3) is 0.381. The molecule has 0 radical (unpaired) electrons. The van der Waals surface area contributed by atoms with Gasteiger partial charge in [-0.1, -0.05) is 6.07 Å². The number of methoxy groups -OCH3 is 2. The lowest BCUT2D eigenvalue weighted by Crippen LogP contribution is -2.44. The van der Waals surface area contributed by atoms with Crippen molar-refractivity contribution in [2.75, 3.05) is 39.3 Å². The highest BCUT2D eigenvalue weighted by Crippen LogP contribution is 2.27. The summed E-state index contributed by atoms with van der Waals surface area (Å²) in [6, 6.07) is 9.51. The van der Waals surface area contributed by atoms with Crippen LogP contribution in [0.1, 0.15) is 12.0 Å². The Hall–Kier alpha value is -2.30.